The second-order valence-electron chi connectivity index (χ2n) is 10.1. The normalized spacial score (nSPS) is 15.7. The van der Waals surface area contributed by atoms with Gasteiger partial charge in [-0.3, -0.25) is 4.90 Å². The third-order valence-electron chi connectivity index (χ3n) is 7.61. The molecule has 6 rings (SSSR count). The third-order valence-corrected chi connectivity index (χ3v) is 7.61. The first-order valence-corrected chi connectivity index (χ1v) is 13.1. The summed E-state index contributed by atoms with van der Waals surface area (Å²) >= 11 is 0. The Kier molecular flexibility index (Phi) is 6.86. The maximum absolute atomic E-state index is 6.13. The number of aryl methyl sites for hydroxylation is 1. The summed E-state index contributed by atoms with van der Waals surface area (Å²) in [5.41, 5.74) is 4.90. The predicted octanol–water partition coefficient (Wildman–Crippen LogP) is 3.82. The van der Waals surface area contributed by atoms with Gasteiger partial charge in [-0.2, -0.15) is 10.2 Å². The van der Waals surface area contributed by atoms with Crippen LogP contribution < -0.4 is 15.4 Å². The molecule has 0 unspecified atom stereocenters. The molecule has 1 saturated heterocycles. The molecule has 5 heterocycles. The first-order valence-electron chi connectivity index (χ1n) is 13.1. The zero-order chi connectivity index (χ0) is 26.8. The van der Waals surface area contributed by atoms with E-state index in [0.717, 1.165) is 73.1 Å². The van der Waals surface area contributed by atoms with Gasteiger partial charge in [0.15, 0.2) is 11.5 Å². The number of hydrogen-bond acceptors (Lipinski definition) is 9. The summed E-state index contributed by atoms with van der Waals surface area (Å²) in [5.74, 6) is 2.26. The fourth-order valence-electron chi connectivity index (χ4n) is 5.33. The number of fused-ring (bicyclic) bond motifs is 2. The van der Waals surface area contributed by atoms with Gasteiger partial charge in [-0.05, 0) is 68.3 Å². The minimum Gasteiger partial charge on any atom is -0.457 e. The molecule has 11 heteroatoms. The fourth-order valence-corrected chi connectivity index (χ4v) is 5.33. The Morgan fingerprint density at radius 1 is 0.974 bits per heavy atom. The van der Waals surface area contributed by atoms with Crippen molar-refractivity contribution in [1.29, 1.82) is 0 Å². The van der Waals surface area contributed by atoms with Crippen molar-refractivity contribution >= 4 is 22.7 Å². The van der Waals surface area contributed by atoms with Crippen molar-refractivity contribution < 1.29 is 9.47 Å². The molecule has 0 amide bonds. The largest absolute Gasteiger partial charge is 0.457 e. The smallest absolute Gasteiger partial charge is 0.158 e. The lowest BCUT2D eigenvalue weighted by atomic mass is 9.88. The second-order valence-corrected chi connectivity index (χ2v) is 10.1. The zero-order valence-electron chi connectivity index (χ0n) is 22.5. The number of benzene rings is 1. The zero-order valence-corrected chi connectivity index (χ0v) is 22.5. The number of hydrogen-bond donors (Lipinski definition) is 2. The average Bonchev–Trinajstić information content (AvgIpc) is 3.59. The van der Waals surface area contributed by atoms with Crippen molar-refractivity contribution in [3.05, 3.63) is 72.6 Å². The van der Waals surface area contributed by atoms with Crippen molar-refractivity contribution in [3.8, 4) is 11.5 Å². The summed E-state index contributed by atoms with van der Waals surface area (Å²) in [4.78, 5) is 11.3. The van der Waals surface area contributed by atoms with E-state index in [1.165, 1.54) is 11.9 Å². The highest BCUT2D eigenvalue weighted by Crippen LogP contribution is 2.31. The molecule has 4 aromatic heterocycles. The summed E-state index contributed by atoms with van der Waals surface area (Å²) in [6.07, 6.45) is 9.03. The lowest BCUT2D eigenvalue weighted by Crippen LogP contribution is -2.54. The Morgan fingerprint density at radius 2 is 1.77 bits per heavy atom. The van der Waals surface area contributed by atoms with Crippen LogP contribution in [0, 0.1) is 6.92 Å². The van der Waals surface area contributed by atoms with Crippen LogP contribution in [0.25, 0.3) is 11.2 Å². The van der Waals surface area contributed by atoms with Gasteiger partial charge >= 0.3 is 0 Å². The molecular weight excluding hydrogens is 494 g/mol. The Hall–Kier alpha value is -4.06. The minimum absolute atomic E-state index is 0.0565. The molecule has 39 heavy (non-hydrogen) atoms. The van der Waals surface area contributed by atoms with Crippen LogP contribution in [0.15, 0.2) is 61.4 Å². The Morgan fingerprint density at radius 3 is 2.56 bits per heavy atom. The first kappa shape index (κ1) is 25.2. The number of aromatic nitrogens is 6. The molecule has 1 aromatic carbocycles. The molecular formula is C28H33N9O2. The molecule has 0 spiro atoms. The van der Waals surface area contributed by atoms with Gasteiger partial charge in [0.05, 0.1) is 6.61 Å². The van der Waals surface area contributed by atoms with Crippen molar-refractivity contribution in [3.63, 3.8) is 0 Å². The lowest BCUT2D eigenvalue weighted by molar-refractivity contribution is 0.0565. The van der Waals surface area contributed by atoms with E-state index < -0.39 is 0 Å². The number of pyridine rings is 1. The minimum atomic E-state index is 0.0565. The molecule has 11 nitrogen and oxygen atoms in total. The van der Waals surface area contributed by atoms with E-state index in [-0.39, 0.29) is 5.54 Å². The molecule has 202 valence electrons. The maximum atomic E-state index is 6.13. The summed E-state index contributed by atoms with van der Waals surface area (Å²) in [5, 5.41) is 15.6. The highest BCUT2D eigenvalue weighted by Gasteiger charge is 2.33. The van der Waals surface area contributed by atoms with Crippen LogP contribution in [0.4, 0.5) is 11.5 Å². The molecule has 5 aromatic rings. The summed E-state index contributed by atoms with van der Waals surface area (Å²) in [7, 11) is 3.80. The van der Waals surface area contributed by atoms with Gasteiger partial charge in [-0.25, -0.2) is 19.0 Å². The van der Waals surface area contributed by atoms with Gasteiger partial charge in [0.25, 0.3) is 0 Å². The number of rotatable bonds is 9. The number of likely N-dealkylation sites (tertiary alicyclic amines) is 1. The topological polar surface area (TPSA) is 106 Å². The Bertz CT molecular complexity index is 1590. The van der Waals surface area contributed by atoms with Gasteiger partial charge in [-0.15, -0.1) is 0 Å². The molecule has 1 aliphatic rings. The van der Waals surface area contributed by atoms with Gasteiger partial charge in [-0.1, -0.05) is 0 Å². The molecule has 2 N–H and O–H groups in total. The van der Waals surface area contributed by atoms with Crippen molar-refractivity contribution in [1.82, 2.24) is 39.4 Å². The third kappa shape index (κ3) is 5.16. The second kappa shape index (κ2) is 10.6. The molecule has 0 radical (unpaired) electrons. The summed E-state index contributed by atoms with van der Waals surface area (Å²) < 4.78 is 15.2. The van der Waals surface area contributed by atoms with E-state index in [9.17, 15) is 0 Å². The predicted molar refractivity (Wildman–Crippen MR) is 149 cm³/mol. The quantitative estimate of drug-likeness (QED) is 0.296. The van der Waals surface area contributed by atoms with Crippen LogP contribution in [0.3, 0.4) is 0 Å². The monoisotopic (exact) mass is 527 g/mol. The average molecular weight is 528 g/mol. The van der Waals surface area contributed by atoms with Crippen molar-refractivity contribution in [2.75, 3.05) is 39.2 Å². The number of piperidine rings is 1. The van der Waals surface area contributed by atoms with E-state index in [1.54, 1.807) is 18.0 Å². The lowest BCUT2D eigenvalue weighted by Gasteiger charge is -2.41. The number of ether oxygens (including phenoxy) is 2. The number of nitrogens with zero attached hydrogens (tertiary/aromatic N) is 7. The van der Waals surface area contributed by atoms with Crippen LogP contribution in [-0.2, 0) is 11.3 Å². The molecule has 0 aliphatic carbocycles. The molecule has 0 saturated carbocycles. The standard InChI is InChI=1S/C28H33N9O2/c1-20-14-22(4-5-24(20)39-23-7-11-36-25(15-23)30-18-32-36)34-27-26-21(6-10-37(26)33-19-31-27)16-35-12-8-28(29-2,9-13-35)17-38-3/h4-7,10-11,14-15,18-19,29H,8-9,12-13,16-17H2,1-3H3,(H,31,33,34). The van der Waals surface area contributed by atoms with Crippen LogP contribution >= 0.6 is 0 Å². The highest BCUT2D eigenvalue weighted by molar-refractivity contribution is 5.76. The molecule has 0 bridgehead atoms. The first-order chi connectivity index (χ1) is 19.1. The highest BCUT2D eigenvalue weighted by atomic mass is 16.5. The van der Waals surface area contributed by atoms with E-state index in [4.69, 9.17) is 9.47 Å². The Balaban J connectivity index is 1.18. The van der Waals surface area contributed by atoms with Gasteiger partial charge in [0, 0.05) is 56.4 Å². The van der Waals surface area contributed by atoms with Crippen LogP contribution in [0.2, 0.25) is 0 Å². The van der Waals surface area contributed by atoms with Crippen molar-refractivity contribution in [2.24, 2.45) is 0 Å². The number of methoxy groups -OCH3 is 1. The van der Waals surface area contributed by atoms with Gasteiger partial charge in [0.1, 0.15) is 29.7 Å². The van der Waals surface area contributed by atoms with Crippen molar-refractivity contribution in [2.45, 2.75) is 31.8 Å². The van der Waals surface area contributed by atoms with E-state index in [1.807, 2.05) is 55.1 Å². The van der Waals surface area contributed by atoms with E-state index in [0.29, 0.717) is 5.75 Å². The van der Waals surface area contributed by atoms with Gasteiger partial charge in [0.2, 0.25) is 0 Å². The number of likely N-dealkylation sites (N-methyl/N-ethyl adjacent to an activating group) is 1. The Labute approximate surface area is 226 Å². The van der Waals surface area contributed by atoms with Gasteiger partial charge < -0.3 is 20.1 Å². The summed E-state index contributed by atoms with van der Waals surface area (Å²) in [6, 6.07) is 11.9. The van der Waals surface area contributed by atoms with E-state index in [2.05, 4.69) is 47.8 Å². The van der Waals surface area contributed by atoms with Crippen LogP contribution in [0.1, 0.15) is 24.0 Å². The number of anilines is 2. The van der Waals surface area contributed by atoms with E-state index >= 15 is 0 Å². The number of nitrogens with one attached hydrogen (secondary N) is 2. The maximum Gasteiger partial charge on any atom is 0.158 e. The SMILES string of the molecule is CNC1(COC)CCN(Cc2ccn3ncnc(Nc4ccc(Oc5ccn6ncnc6c5)c(C)c4)c23)CC1. The fraction of sp³-hybridized carbons (Fsp3) is 0.357. The summed E-state index contributed by atoms with van der Waals surface area (Å²) in [6.45, 7) is 5.60. The van der Waals surface area contributed by atoms with Crippen LogP contribution in [-0.4, -0.2) is 73.5 Å². The molecule has 1 fully saturated rings. The molecule has 1 aliphatic heterocycles. The molecule has 0 atom stereocenters. The van der Waals surface area contributed by atoms with Crippen LogP contribution in [0.5, 0.6) is 11.5 Å².